The number of benzene rings is 1. The van der Waals surface area contributed by atoms with E-state index in [1.807, 2.05) is 0 Å². The summed E-state index contributed by atoms with van der Waals surface area (Å²) in [5, 5.41) is 11.5. The Hall–Kier alpha value is -0.510. The third-order valence-corrected chi connectivity index (χ3v) is 5.68. The van der Waals surface area contributed by atoms with Crippen LogP contribution >= 0.6 is 11.9 Å². The molecule has 1 aliphatic rings. The Morgan fingerprint density at radius 2 is 1.86 bits per heavy atom. The maximum Gasteiger partial charge on any atom is 0.0896 e. The van der Waals surface area contributed by atoms with Gasteiger partial charge in [0.05, 0.1) is 5.60 Å². The standard InChI is InChI=1S/C19H31NOS/c1-4-16-9-12-19(21,13-10-16)18-7-5-17(6-8-18)11-14-20-22-15(2)3/h5-8,15-16,20-21H,4,9-14H2,1-3H3. The first-order chi connectivity index (χ1) is 10.5. The fourth-order valence-corrected chi connectivity index (χ4v) is 3.81. The minimum Gasteiger partial charge on any atom is -0.385 e. The lowest BCUT2D eigenvalue weighted by Gasteiger charge is -2.36. The lowest BCUT2D eigenvalue weighted by molar-refractivity contribution is -0.0145. The monoisotopic (exact) mass is 321 g/mol. The first-order valence-electron chi connectivity index (χ1n) is 8.74. The molecule has 1 aromatic rings. The van der Waals surface area contributed by atoms with E-state index in [0.717, 1.165) is 50.1 Å². The van der Waals surface area contributed by atoms with Crippen LogP contribution in [0, 0.1) is 5.92 Å². The van der Waals surface area contributed by atoms with Crippen molar-refractivity contribution in [1.29, 1.82) is 0 Å². The molecule has 0 radical (unpaired) electrons. The second-order valence-corrected chi connectivity index (χ2v) is 8.36. The van der Waals surface area contributed by atoms with E-state index < -0.39 is 5.60 Å². The molecule has 2 rings (SSSR count). The van der Waals surface area contributed by atoms with Crippen LogP contribution in [0.4, 0.5) is 0 Å². The van der Waals surface area contributed by atoms with Gasteiger partial charge in [-0.15, -0.1) is 0 Å². The van der Waals surface area contributed by atoms with Gasteiger partial charge in [-0.3, -0.25) is 4.72 Å². The van der Waals surface area contributed by atoms with Crippen LogP contribution in [-0.2, 0) is 12.0 Å². The van der Waals surface area contributed by atoms with Crippen LogP contribution in [-0.4, -0.2) is 16.9 Å². The summed E-state index contributed by atoms with van der Waals surface area (Å²) in [7, 11) is 0. The van der Waals surface area contributed by atoms with Gasteiger partial charge >= 0.3 is 0 Å². The van der Waals surface area contributed by atoms with Gasteiger partial charge in [-0.1, -0.05) is 63.4 Å². The van der Waals surface area contributed by atoms with Crippen molar-refractivity contribution in [2.75, 3.05) is 6.54 Å². The smallest absolute Gasteiger partial charge is 0.0896 e. The third kappa shape index (κ3) is 5.00. The summed E-state index contributed by atoms with van der Waals surface area (Å²) in [5.74, 6) is 0.809. The minimum absolute atomic E-state index is 0.587. The van der Waals surface area contributed by atoms with E-state index in [2.05, 4.69) is 49.8 Å². The highest BCUT2D eigenvalue weighted by atomic mass is 32.2. The number of hydrogen-bond acceptors (Lipinski definition) is 3. The molecule has 0 atom stereocenters. The lowest BCUT2D eigenvalue weighted by atomic mass is 9.74. The summed E-state index contributed by atoms with van der Waals surface area (Å²) in [4.78, 5) is 0. The van der Waals surface area contributed by atoms with Gasteiger partial charge in [0.15, 0.2) is 0 Å². The van der Waals surface area contributed by atoms with E-state index in [9.17, 15) is 5.11 Å². The summed E-state index contributed by atoms with van der Waals surface area (Å²) in [6.45, 7) is 7.64. The van der Waals surface area contributed by atoms with Crippen LogP contribution < -0.4 is 4.72 Å². The SMILES string of the molecule is CCC1CCC(O)(c2ccc(CCNSC(C)C)cc2)CC1. The molecule has 0 heterocycles. The molecule has 1 aliphatic carbocycles. The van der Waals surface area contributed by atoms with Crippen molar-refractivity contribution in [2.24, 2.45) is 5.92 Å². The van der Waals surface area contributed by atoms with Gasteiger partial charge in [-0.05, 0) is 49.1 Å². The van der Waals surface area contributed by atoms with Crippen LogP contribution in [0.3, 0.4) is 0 Å². The number of rotatable bonds is 7. The Kier molecular flexibility index (Phi) is 6.79. The number of nitrogens with one attached hydrogen (secondary N) is 1. The first kappa shape index (κ1) is 17.8. The Labute approximate surface area is 140 Å². The third-order valence-electron chi connectivity index (χ3n) is 4.84. The largest absolute Gasteiger partial charge is 0.385 e. The van der Waals surface area contributed by atoms with Gasteiger partial charge in [-0.2, -0.15) is 0 Å². The topological polar surface area (TPSA) is 32.3 Å². The molecule has 1 aromatic carbocycles. The van der Waals surface area contributed by atoms with Crippen LogP contribution in [0.5, 0.6) is 0 Å². The molecule has 0 aliphatic heterocycles. The van der Waals surface area contributed by atoms with Crippen LogP contribution in [0.15, 0.2) is 24.3 Å². The molecule has 3 heteroatoms. The maximum atomic E-state index is 10.9. The zero-order valence-corrected chi connectivity index (χ0v) is 15.1. The molecule has 0 bridgehead atoms. The summed E-state index contributed by atoms with van der Waals surface area (Å²) in [6.07, 6.45) is 6.43. The van der Waals surface area contributed by atoms with Crippen molar-refractivity contribution in [2.45, 2.75) is 70.1 Å². The van der Waals surface area contributed by atoms with Gasteiger partial charge in [0.2, 0.25) is 0 Å². The highest BCUT2D eigenvalue weighted by Crippen LogP contribution is 2.40. The highest BCUT2D eigenvalue weighted by Gasteiger charge is 2.33. The van der Waals surface area contributed by atoms with Crippen molar-refractivity contribution >= 4 is 11.9 Å². The molecule has 0 saturated heterocycles. The fourth-order valence-electron chi connectivity index (χ4n) is 3.25. The average Bonchev–Trinajstić information content (AvgIpc) is 2.53. The molecule has 1 fully saturated rings. The average molecular weight is 322 g/mol. The molecule has 1 saturated carbocycles. The van der Waals surface area contributed by atoms with Crippen molar-refractivity contribution < 1.29 is 5.11 Å². The number of hydrogen-bond donors (Lipinski definition) is 2. The predicted octanol–water partition coefficient (Wildman–Crippen LogP) is 4.66. The predicted molar refractivity (Wildman–Crippen MR) is 97.0 cm³/mol. The molecular weight excluding hydrogens is 290 g/mol. The summed E-state index contributed by atoms with van der Waals surface area (Å²) < 4.78 is 3.40. The van der Waals surface area contributed by atoms with E-state index in [0.29, 0.717) is 5.25 Å². The highest BCUT2D eigenvalue weighted by molar-refractivity contribution is 7.97. The van der Waals surface area contributed by atoms with Crippen molar-refractivity contribution in [3.05, 3.63) is 35.4 Å². The normalized spacial score (nSPS) is 25.6. The minimum atomic E-state index is -0.587. The molecular formula is C19H31NOS. The van der Waals surface area contributed by atoms with Crippen LogP contribution in [0.2, 0.25) is 0 Å². The van der Waals surface area contributed by atoms with E-state index >= 15 is 0 Å². The molecule has 124 valence electrons. The fraction of sp³-hybridized carbons (Fsp3) is 0.684. The molecule has 0 aromatic heterocycles. The zero-order valence-electron chi connectivity index (χ0n) is 14.3. The Morgan fingerprint density at radius 1 is 1.23 bits per heavy atom. The summed E-state index contributed by atoms with van der Waals surface area (Å²) in [5.41, 5.74) is 1.86. The maximum absolute atomic E-state index is 10.9. The van der Waals surface area contributed by atoms with E-state index in [-0.39, 0.29) is 0 Å². The first-order valence-corrected chi connectivity index (χ1v) is 9.62. The van der Waals surface area contributed by atoms with Crippen LogP contribution in [0.1, 0.15) is 64.0 Å². The Bertz CT molecular complexity index is 435. The Morgan fingerprint density at radius 3 is 2.41 bits per heavy atom. The van der Waals surface area contributed by atoms with E-state index in [1.54, 1.807) is 11.9 Å². The van der Waals surface area contributed by atoms with Crippen molar-refractivity contribution in [3.8, 4) is 0 Å². The Balaban J connectivity index is 1.86. The second kappa shape index (κ2) is 8.37. The number of aliphatic hydroxyl groups is 1. The van der Waals surface area contributed by atoms with Gasteiger partial charge in [0.1, 0.15) is 0 Å². The zero-order chi connectivity index (χ0) is 16.0. The van der Waals surface area contributed by atoms with E-state index in [4.69, 9.17) is 0 Å². The quantitative estimate of drug-likeness (QED) is 0.566. The van der Waals surface area contributed by atoms with Gasteiger partial charge in [0, 0.05) is 11.8 Å². The summed E-state index contributed by atoms with van der Waals surface area (Å²) >= 11 is 1.79. The second-order valence-electron chi connectivity index (χ2n) is 6.89. The molecule has 2 N–H and O–H groups in total. The van der Waals surface area contributed by atoms with Gasteiger partial charge < -0.3 is 5.11 Å². The summed E-state index contributed by atoms with van der Waals surface area (Å²) in [6, 6.07) is 8.64. The van der Waals surface area contributed by atoms with Crippen molar-refractivity contribution in [3.63, 3.8) is 0 Å². The molecule has 22 heavy (non-hydrogen) atoms. The molecule has 2 nitrogen and oxygen atoms in total. The van der Waals surface area contributed by atoms with Crippen molar-refractivity contribution in [1.82, 2.24) is 4.72 Å². The molecule has 0 unspecified atom stereocenters. The van der Waals surface area contributed by atoms with Crippen LogP contribution in [0.25, 0.3) is 0 Å². The molecule has 0 spiro atoms. The van der Waals surface area contributed by atoms with Gasteiger partial charge in [0.25, 0.3) is 0 Å². The molecule has 0 amide bonds. The van der Waals surface area contributed by atoms with Gasteiger partial charge in [-0.25, -0.2) is 0 Å². The van der Waals surface area contributed by atoms with E-state index in [1.165, 1.54) is 12.0 Å². The lowest BCUT2D eigenvalue weighted by Crippen LogP contribution is -2.31.